The van der Waals surface area contributed by atoms with Crippen molar-refractivity contribution in [1.82, 2.24) is 5.32 Å². The van der Waals surface area contributed by atoms with Crippen LogP contribution in [-0.4, -0.2) is 21.9 Å². The van der Waals surface area contributed by atoms with Crippen LogP contribution in [0.4, 0.5) is 11.4 Å². The topological polar surface area (TPSA) is 106 Å². The average Bonchev–Trinajstić information content (AvgIpc) is 3.21. The van der Waals surface area contributed by atoms with Gasteiger partial charge in [0.2, 0.25) is 0 Å². The number of nitrogens with zero attached hydrogens (tertiary/aromatic N) is 2. The fourth-order valence-electron chi connectivity index (χ4n) is 3.59. The molecular formula is C24H19N3O5S. The van der Waals surface area contributed by atoms with Crippen LogP contribution in [0.1, 0.15) is 22.5 Å². The average molecular weight is 461 g/mol. The standard InChI is InChI=1S/C24H19N3O5S/c1-13-4-5-14(2)20(10-13)26-23(29)19(22(28)25-24(26)33)12-17-7-9-21(32-17)18-8-6-16(27(30)31)11-15(18)3/h4-12H,1-3H3,(H,25,28,33)/b19-12-. The maximum absolute atomic E-state index is 13.3. The highest BCUT2D eigenvalue weighted by Gasteiger charge is 2.35. The van der Waals surface area contributed by atoms with E-state index < -0.39 is 16.7 Å². The lowest BCUT2D eigenvalue weighted by Crippen LogP contribution is -2.54. The van der Waals surface area contributed by atoms with E-state index in [4.69, 9.17) is 16.6 Å². The Hall–Kier alpha value is -4.11. The number of hydrogen-bond acceptors (Lipinski definition) is 6. The van der Waals surface area contributed by atoms with Gasteiger partial charge >= 0.3 is 0 Å². The Labute approximate surface area is 194 Å². The second-order valence-electron chi connectivity index (χ2n) is 7.71. The van der Waals surface area contributed by atoms with E-state index in [0.717, 1.165) is 11.1 Å². The molecule has 1 aliphatic heterocycles. The van der Waals surface area contributed by atoms with Crippen molar-refractivity contribution in [2.24, 2.45) is 0 Å². The van der Waals surface area contributed by atoms with E-state index in [0.29, 0.717) is 22.6 Å². The van der Waals surface area contributed by atoms with E-state index in [2.05, 4.69) is 5.32 Å². The molecule has 1 saturated heterocycles. The molecule has 0 atom stereocenters. The number of nitro groups is 1. The smallest absolute Gasteiger partial charge is 0.270 e. The zero-order chi connectivity index (χ0) is 23.9. The van der Waals surface area contributed by atoms with Crippen LogP contribution in [0.15, 0.2) is 58.5 Å². The summed E-state index contributed by atoms with van der Waals surface area (Å²) in [5.74, 6) is -0.423. The van der Waals surface area contributed by atoms with Gasteiger partial charge in [-0.2, -0.15) is 0 Å². The molecule has 0 spiro atoms. The summed E-state index contributed by atoms with van der Waals surface area (Å²) >= 11 is 5.27. The number of benzene rings is 2. The predicted molar refractivity (Wildman–Crippen MR) is 128 cm³/mol. The molecule has 0 bridgehead atoms. The molecule has 33 heavy (non-hydrogen) atoms. The van der Waals surface area contributed by atoms with Crippen molar-refractivity contribution in [2.75, 3.05) is 4.90 Å². The van der Waals surface area contributed by atoms with Crippen LogP contribution in [0.5, 0.6) is 0 Å². The normalized spacial score (nSPS) is 15.2. The molecule has 2 amide bonds. The van der Waals surface area contributed by atoms with E-state index in [-0.39, 0.29) is 22.1 Å². The Morgan fingerprint density at radius 3 is 2.48 bits per heavy atom. The second-order valence-corrected chi connectivity index (χ2v) is 8.09. The second kappa shape index (κ2) is 8.44. The third-order valence-electron chi connectivity index (χ3n) is 5.31. The quantitative estimate of drug-likeness (QED) is 0.200. The zero-order valence-corrected chi connectivity index (χ0v) is 18.9. The van der Waals surface area contributed by atoms with E-state index in [1.807, 2.05) is 32.0 Å². The van der Waals surface area contributed by atoms with Gasteiger partial charge in [-0.25, -0.2) is 0 Å². The number of non-ortho nitro benzene ring substituents is 1. The lowest BCUT2D eigenvalue weighted by Gasteiger charge is -2.30. The molecule has 166 valence electrons. The molecular weight excluding hydrogens is 442 g/mol. The van der Waals surface area contributed by atoms with Crippen LogP contribution >= 0.6 is 12.2 Å². The van der Waals surface area contributed by atoms with Crippen LogP contribution < -0.4 is 10.2 Å². The number of nitrogens with one attached hydrogen (secondary N) is 1. The number of anilines is 1. The number of hydrogen-bond donors (Lipinski definition) is 1. The molecule has 0 aliphatic carbocycles. The summed E-state index contributed by atoms with van der Waals surface area (Å²) in [6.07, 6.45) is 1.36. The number of aryl methyl sites for hydroxylation is 3. The monoisotopic (exact) mass is 461 g/mol. The van der Waals surface area contributed by atoms with Crippen LogP contribution in [0.2, 0.25) is 0 Å². The molecule has 2 aromatic carbocycles. The predicted octanol–water partition coefficient (Wildman–Crippen LogP) is 4.61. The molecule has 3 aromatic rings. The van der Waals surface area contributed by atoms with Crippen molar-refractivity contribution in [3.8, 4) is 11.3 Å². The summed E-state index contributed by atoms with van der Waals surface area (Å²) in [6, 6.07) is 13.4. The fourth-order valence-corrected chi connectivity index (χ4v) is 3.87. The highest BCUT2D eigenvalue weighted by atomic mass is 32.1. The van der Waals surface area contributed by atoms with Gasteiger partial charge in [-0.05, 0) is 80.0 Å². The number of carbonyl (C=O) groups excluding carboxylic acids is 2. The van der Waals surface area contributed by atoms with Gasteiger partial charge in [0.15, 0.2) is 5.11 Å². The first-order valence-corrected chi connectivity index (χ1v) is 10.4. The molecule has 1 fully saturated rings. The van der Waals surface area contributed by atoms with Gasteiger partial charge in [-0.15, -0.1) is 0 Å². The van der Waals surface area contributed by atoms with Crippen LogP contribution in [-0.2, 0) is 9.59 Å². The first-order chi connectivity index (χ1) is 15.7. The molecule has 9 heteroatoms. The maximum atomic E-state index is 13.3. The summed E-state index contributed by atoms with van der Waals surface area (Å²) in [7, 11) is 0. The van der Waals surface area contributed by atoms with Crippen molar-refractivity contribution in [2.45, 2.75) is 20.8 Å². The van der Waals surface area contributed by atoms with Crippen LogP contribution in [0.25, 0.3) is 17.4 Å². The lowest BCUT2D eigenvalue weighted by atomic mass is 10.1. The highest BCUT2D eigenvalue weighted by Crippen LogP contribution is 2.30. The molecule has 0 saturated carbocycles. The summed E-state index contributed by atoms with van der Waals surface area (Å²) in [4.78, 5) is 37.6. The molecule has 1 aliphatic rings. The van der Waals surface area contributed by atoms with Crippen molar-refractivity contribution >= 4 is 46.6 Å². The van der Waals surface area contributed by atoms with Gasteiger partial charge in [0.25, 0.3) is 17.5 Å². The Morgan fingerprint density at radius 2 is 1.79 bits per heavy atom. The SMILES string of the molecule is Cc1ccc(C)c(N2C(=O)/C(=C\c3ccc(-c4ccc([N+](=O)[O-])cc4C)o3)C(=O)NC2=S)c1. The first-order valence-electron chi connectivity index (χ1n) is 9.99. The van der Waals surface area contributed by atoms with Crippen molar-refractivity contribution < 1.29 is 18.9 Å². The zero-order valence-electron chi connectivity index (χ0n) is 18.0. The van der Waals surface area contributed by atoms with Crippen LogP contribution in [0.3, 0.4) is 0 Å². The van der Waals surface area contributed by atoms with E-state index >= 15 is 0 Å². The van der Waals surface area contributed by atoms with Crippen molar-refractivity contribution in [3.63, 3.8) is 0 Å². The summed E-state index contributed by atoms with van der Waals surface area (Å²) in [5.41, 5.74) is 3.57. The summed E-state index contributed by atoms with van der Waals surface area (Å²) in [6.45, 7) is 5.50. The minimum Gasteiger partial charge on any atom is -0.457 e. The Balaban J connectivity index is 1.69. The third-order valence-corrected chi connectivity index (χ3v) is 5.59. The molecule has 1 N–H and O–H groups in total. The summed E-state index contributed by atoms with van der Waals surface area (Å²) < 4.78 is 5.83. The minimum atomic E-state index is -0.615. The van der Waals surface area contributed by atoms with Crippen molar-refractivity contribution in [1.29, 1.82) is 0 Å². The third kappa shape index (κ3) is 4.18. The minimum absolute atomic E-state index is 0.0116. The number of amides is 2. The number of thiocarbonyl (C=S) groups is 1. The van der Waals surface area contributed by atoms with E-state index in [1.54, 1.807) is 25.1 Å². The summed E-state index contributed by atoms with van der Waals surface area (Å²) in [5, 5.41) is 13.5. The molecule has 2 heterocycles. The number of rotatable bonds is 4. The van der Waals surface area contributed by atoms with Crippen LogP contribution in [0, 0.1) is 30.9 Å². The van der Waals surface area contributed by atoms with Gasteiger partial charge < -0.3 is 4.42 Å². The highest BCUT2D eigenvalue weighted by molar-refractivity contribution is 7.80. The Morgan fingerprint density at radius 1 is 1.03 bits per heavy atom. The Bertz CT molecular complexity index is 1370. The maximum Gasteiger partial charge on any atom is 0.270 e. The van der Waals surface area contributed by atoms with E-state index in [1.165, 1.54) is 23.1 Å². The van der Waals surface area contributed by atoms with Gasteiger partial charge in [-0.3, -0.25) is 29.9 Å². The molecule has 4 rings (SSSR count). The molecule has 0 radical (unpaired) electrons. The largest absolute Gasteiger partial charge is 0.457 e. The van der Waals surface area contributed by atoms with Gasteiger partial charge in [0.1, 0.15) is 17.1 Å². The molecule has 1 aromatic heterocycles. The van der Waals surface area contributed by atoms with E-state index in [9.17, 15) is 19.7 Å². The number of carbonyl (C=O) groups is 2. The Kier molecular flexibility index (Phi) is 5.65. The van der Waals surface area contributed by atoms with Gasteiger partial charge in [0.05, 0.1) is 10.6 Å². The van der Waals surface area contributed by atoms with Gasteiger partial charge in [0, 0.05) is 17.7 Å². The van der Waals surface area contributed by atoms with Crippen molar-refractivity contribution in [3.05, 3.63) is 86.7 Å². The number of nitro benzene ring substituents is 1. The fraction of sp³-hybridized carbons (Fsp3) is 0.125. The lowest BCUT2D eigenvalue weighted by molar-refractivity contribution is -0.384. The molecule has 0 unspecified atom stereocenters. The molecule has 8 nitrogen and oxygen atoms in total. The van der Waals surface area contributed by atoms with Gasteiger partial charge in [-0.1, -0.05) is 12.1 Å². The number of furan rings is 1. The first kappa shape index (κ1) is 22.1.